The summed E-state index contributed by atoms with van der Waals surface area (Å²) in [5.41, 5.74) is 1.39. The molecule has 2 fully saturated rings. The number of halogens is 1. The Morgan fingerprint density at radius 3 is 2.71 bits per heavy atom. The van der Waals surface area contributed by atoms with Gasteiger partial charge in [0.05, 0.1) is 12.7 Å². The van der Waals surface area contributed by atoms with Crippen molar-refractivity contribution in [2.45, 2.75) is 63.0 Å². The molecule has 0 bridgehead atoms. The molecule has 3 heteroatoms. The van der Waals surface area contributed by atoms with Gasteiger partial charge in [0.25, 0.3) is 0 Å². The third kappa shape index (κ3) is 4.45. The maximum absolute atomic E-state index is 6.05. The fourth-order valence-electron chi connectivity index (χ4n) is 3.54. The van der Waals surface area contributed by atoms with E-state index in [1.807, 2.05) is 6.07 Å². The summed E-state index contributed by atoms with van der Waals surface area (Å²) in [5, 5.41) is 4.47. The van der Waals surface area contributed by atoms with E-state index in [4.69, 9.17) is 16.3 Å². The van der Waals surface area contributed by atoms with Crippen LogP contribution in [0.5, 0.6) is 0 Å². The van der Waals surface area contributed by atoms with Crippen LogP contribution in [-0.4, -0.2) is 25.3 Å². The Kier molecular flexibility index (Phi) is 5.56. The zero-order valence-electron chi connectivity index (χ0n) is 12.7. The molecule has 0 saturated heterocycles. The van der Waals surface area contributed by atoms with Crippen molar-refractivity contribution in [2.75, 3.05) is 13.2 Å². The van der Waals surface area contributed by atoms with Crippen molar-refractivity contribution >= 4 is 11.6 Å². The van der Waals surface area contributed by atoms with E-state index in [-0.39, 0.29) is 0 Å². The van der Waals surface area contributed by atoms with Gasteiger partial charge in [-0.2, -0.15) is 0 Å². The molecule has 0 aromatic heterocycles. The van der Waals surface area contributed by atoms with E-state index in [1.54, 1.807) is 0 Å². The molecule has 0 spiro atoms. The van der Waals surface area contributed by atoms with Crippen LogP contribution in [-0.2, 0) is 4.74 Å². The Balaban J connectivity index is 1.28. The highest BCUT2D eigenvalue weighted by Crippen LogP contribution is 2.37. The predicted octanol–water partition coefficient (Wildman–Crippen LogP) is 4.52. The predicted molar refractivity (Wildman–Crippen MR) is 88.0 cm³/mol. The van der Waals surface area contributed by atoms with Crippen molar-refractivity contribution in [3.05, 3.63) is 34.9 Å². The van der Waals surface area contributed by atoms with Gasteiger partial charge in [-0.05, 0) is 49.3 Å². The molecule has 21 heavy (non-hydrogen) atoms. The highest BCUT2D eigenvalue weighted by Gasteiger charge is 2.29. The lowest BCUT2D eigenvalue weighted by Crippen LogP contribution is -2.41. The summed E-state index contributed by atoms with van der Waals surface area (Å²) in [6.07, 6.45) is 9.60. The first-order valence-electron chi connectivity index (χ1n) is 8.42. The maximum atomic E-state index is 6.05. The fraction of sp³-hybridized carbons (Fsp3) is 0.667. The zero-order valence-corrected chi connectivity index (χ0v) is 13.4. The molecule has 0 atom stereocenters. The van der Waals surface area contributed by atoms with Gasteiger partial charge in [0.1, 0.15) is 0 Å². The number of nitrogens with one attached hydrogen (secondary N) is 1. The monoisotopic (exact) mass is 307 g/mol. The molecule has 2 aliphatic carbocycles. The summed E-state index contributed by atoms with van der Waals surface area (Å²) < 4.78 is 5.95. The molecule has 0 heterocycles. The van der Waals surface area contributed by atoms with E-state index in [9.17, 15) is 0 Å². The van der Waals surface area contributed by atoms with E-state index in [1.165, 1.54) is 50.5 Å². The van der Waals surface area contributed by atoms with Gasteiger partial charge in [-0.15, -0.1) is 0 Å². The number of hydrogen-bond acceptors (Lipinski definition) is 2. The van der Waals surface area contributed by atoms with Gasteiger partial charge in [0.15, 0.2) is 0 Å². The number of ether oxygens (including phenoxy) is 1. The average molecular weight is 308 g/mol. The van der Waals surface area contributed by atoms with Crippen LogP contribution in [0.2, 0.25) is 5.02 Å². The van der Waals surface area contributed by atoms with Crippen molar-refractivity contribution in [2.24, 2.45) is 0 Å². The zero-order chi connectivity index (χ0) is 14.5. The molecule has 1 aromatic rings. The second-order valence-corrected chi connectivity index (χ2v) is 6.94. The smallest absolute Gasteiger partial charge is 0.0594 e. The second-order valence-electron chi connectivity index (χ2n) is 6.51. The van der Waals surface area contributed by atoms with Crippen LogP contribution in [0.4, 0.5) is 0 Å². The third-order valence-electron chi connectivity index (χ3n) is 4.90. The van der Waals surface area contributed by atoms with E-state index < -0.39 is 0 Å². The summed E-state index contributed by atoms with van der Waals surface area (Å²) >= 11 is 6.05. The lowest BCUT2D eigenvalue weighted by molar-refractivity contribution is 0.0280. The maximum Gasteiger partial charge on any atom is 0.0594 e. The van der Waals surface area contributed by atoms with Crippen molar-refractivity contribution < 1.29 is 4.74 Å². The molecule has 0 unspecified atom stereocenters. The van der Waals surface area contributed by atoms with Crippen LogP contribution in [0.25, 0.3) is 0 Å². The lowest BCUT2D eigenvalue weighted by atomic mass is 9.76. The molecule has 2 nitrogen and oxygen atoms in total. The minimum Gasteiger partial charge on any atom is -0.377 e. The summed E-state index contributed by atoms with van der Waals surface area (Å²) in [5.74, 6) is 0.681. The molecular weight excluding hydrogens is 282 g/mol. The quantitative estimate of drug-likeness (QED) is 0.780. The standard InChI is InChI=1S/C18H26ClNO/c19-16-6-4-5-14(11-16)15-12-17(13-15)20-9-10-21-18-7-2-1-3-8-18/h4-6,11,15,17-18,20H,1-3,7-10,12-13H2. The van der Waals surface area contributed by atoms with Gasteiger partial charge in [-0.25, -0.2) is 0 Å². The van der Waals surface area contributed by atoms with Crippen LogP contribution in [0, 0.1) is 0 Å². The van der Waals surface area contributed by atoms with Crippen LogP contribution in [0.1, 0.15) is 56.4 Å². The summed E-state index contributed by atoms with van der Waals surface area (Å²) in [6, 6.07) is 8.95. The van der Waals surface area contributed by atoms with Gasteiger partial charge in [-0.1, -0.05) is 43.0 Å². The summed E-state index contributed by atoms with van der Waals surface area (Å²) in [4.78, 5) is 0. The largest absolute Gasteiger partial charge is 0.377 e. The van der Waals surface area contributed by atoms with Crippen LogP contribution >= 0.6 is 11.6 Å². The Hall–Kier alpha value is -0.570. The lowest BCUT2D eigenvalue weighted by Gasteiger charge is -2.36. The molecule has 2 aliphatic rings. The molecule has 2 saturated carbocycles. The number of benzene rings is 1. The van der Waals surface area contributed by atoms with Crippen molar-refractivity contribution in [3.8, 4) is 0 Å². The van der Waals surface area contributed by atoms with Gasteiger partial charge < -0.3 is 10.1 Å². The second kappa shape index (κ2) is 7.62. The van der Waals surface area contributed by atoms with Gasteiger partial charge >= 0.3 is 0 Å². The fourth-order valence-corrected chi connectivity index (χ4v) is 3.74. The van der Waals surface area contributed by atoms with Crippen molar-refractivity contribution in [3.63, 3.8) is 0 Å². The van der Waals surface area contributed by atoms with Gasteiger partial charge in [0, 0.05) is 17.6 Å². The van der Waals surface area contributed by atoms with E-state index in [2.05, 4.69) is 23.5 Å². The first kappa shape index (κ1) is 15.3. The normalized spacial score (nSPS) is 26.5. The highest BCUT2D eigenvalue weighted by atomic mass is 35.5. The van der Waals surface area contributed by atoms with Crippen molar-refractivity contribution in [1.82, 2.24) is 5.32 Å². The van der Waals surface area contributed by atoms with E-state index in [0.29, 0.717) is 18.1 Å². The van der Waals surface area contributed by atoms with Crippen LogP contribution in [0.15, 0.2) is 24.3 Å². The molecule has 3 rings (SSSR count). The molecule has 0 amide bonds. The minimum absolute atomic E-state index is 0.529. The first-order chi connectivity index (χ1) is 10.3. The molecule has 0 radical (unpaired) electrons. The number of hydrogen-bond donors (Lipinski definition) is 1. The Bertz CT molecular complexity index is 439. The van der Waals surface area contributed by atoms with E-state index >= 15 is 0 Å². The molecule has 116 valence electrons. The Morgan fingerprint density at radius 1 is 1.14 bits per heavy atom. The topological polar surface area (TPSA) is 21.3 Å². The van der Waals surface area contributed by atoms with Crippen LogP contribution < -0.4 is 5.32 Å². The SMILES string of the molecule is Clc1cccc(C2CC(NCCOC3CCCCC3)C2)c1. The highest BCUT2D eigenvalue weighted by molar-refractivity contribution is 6.30. The Morgan fingerprint density at radius 2 is 1.95 bits per heavy atom. The van der Waals surface area contributed by atoms with E-state index in [0.717, 1.165) is 18.2 Å². The molecule has 1 aromatic carbocycles. The summed E-state index contributed by atoms with van der Waals surface area (Å²) in [7, 11) is 0. The first-order valence-corrected chi connectivity index (χ1v) is 8.79. The average Bonchev–Trinajstić information content (AvgIpc) is 2.46. The van der Waals surface area contributed by atoms with Gasteiger partial charge in [-0.3, -0.25) is 0 Å². The number of rotatable bonds is 6. The Labute approximate surface area is 133 Å². The van der Waals surface area contributed by atoms with Crippen molar-refractivity contribution in [1.29, 1.82) is 0 Å². The summed E-state index contributed by atoms with van der Waals surface area (Å²) in [6.45, 7) is 1.85. The van der Waals surface area contributed by atoms with Gasteiger partial charge in [0.2, 0.25) is 0 Å². The minimum atomic E-state index is 0.529. The molecule has 1 N–H and O–H groups in total. The molecular formula is C18H26ClNO. The third-order valence-corrected chi connectivity index (χ3v) is 5.13. The van der Waals surface area contributed by atoms with Crippen LogP contribution in [0.3, 0.4) is 0 Å². The molecule has 0 aliphatic heterocycles.